The first kappa shape index (κ1) is 9.68. The van der Waals surface area contributed by atoms with Crippen LogP contribution in [-0.4, -0.2) is 17.0 Å². The van der Waals surface area contributed by atoms with Crippen LogP contribution in [0.2, 0.25) is 0 Å². The Morgan fingerprint density at radius 3 is 2.23 bits per heavy atom. The second-order valence-electron chi connectivity index (χ2n) is 2.26. The van der Waals surface area contributed by atoms with E-state index in [1.165, 1.54) is 12.1 Å². The molecule has 1 aromatic rings. The van der Waals surface area contributed by atoms with Crippen molar-refractivity contribution in [3.63, 3.8) is 0 Å². The lowest BCUT2D eigenvalue weighted by molar-refractivity contribution is 0.0675. The van der Waals surface area contributed by atoms with Crippen molar-refractivity contribution in [2.75, 3.05) is 0 Å². The van der Waals surface area contributed by atoms with Crippen molar-refractivity contribution in [1.29, 1.82) is 0 Å². The largest absolute Gasteiger partial charge is 0.478 e. The van der Waals surface area contributed by atoms with Crippen molar-refractivity contribution < 1.29 is 19.2 Å². The molecule has 5 heteroatoms. The van der Waals surface area contributed by atoms with Gasteiger partial charge in [-0.3, -0.25) is 0 Å². The van der Waals surface area contributed by atoms with Gasteiger partial charge in [-0.2, -0.15) is 0 Å². The van der Waals surface area contributed by atoms with Crippen molar-refractivity contribution in [2.24, 2.45) is 0 Å². The van der Waals surface area contributed by atoms with Crippen molar-refractivity contribution in [3.8, 4) is 0 Å². The molecule has 1 unspecified atom stereocenters. The minimum Gasteiger partial charge on any atom is -0.478 e. The van der Waals surface area contributed by atoms with Crippen LogP contribution in [-0.2, 0) is 4.52 Å². The summed E-state index contributed by atoms with van der Waals surface area (Å²) in [5.74, 6) is -1.82. The minimum absolute atomic E-state index is 0.0463. The fourth-order valence-corrected chi connectivity index (χ4v) is 1.04. The molecule has 68 valence electrons. The highest BCUT2D eigenvalue weighted by atomic mass is 31.0. The quantitative estimate of drug-likeness (QED) is 0.728. The smallest absolute Gasteiger partial charge is 0.341 e. The summed E-state index contributed by atoms with van der Waals surface area (Å²) in [5.41, 5.74) is -0.0139. The molecule has 0 amide bonds. The molecule has 0 aliphatic carbocycles. The maximum absolute atomic E-state index is 11.0. The standard InChI is InChI=1S/C8H7O4P/c9-7(10)5-3-1-2-4-6(5)8(11)12-13/h1-4H,13H2,(H,9,10). The molecule has 0 spiro atoms. The average molecular weight is 198 g/mol. The van der Waals surface area contributed by atoms with Crippen LogP contribution in [0.25, 0.3) is 0 Å². The number of carbonyl (C=O) groups is 2. The molecule has 1 N–H and O–H groups in total. The Kier molecular flexibility index (Phi) is 2.98. The zero-order valence-corrected chi connectivity index (χ0v) is 7.71. The van der Waals surface area contributed by atoms with Gasteiger partial charge in [0.1, 0.15) is 0 Å². The summed E-state index contributed by atoms with van der Waals surface area (Å²) in [5, 5.41) is 8.70. The predicted molar refractivity (Wildman–Crippen MR) is 48.5 cm³/mol. The molecule has 0 fully saturated rings. The normalized spacial score (nSPS) is 9.31. The van der Waals surface area contributed by atoms with Crippen LogP contribution in [0.3, 0.4) is 0 Å². The van der Waals surface area contributed by atoms with E-state index in [1.54, 1.807) is 21.6 Å². The first-order valence-corrected chi connectivity index (χ1v) is 3.87. The number of carboxylic acid groups (broad SMARTS) is 1. The Morgan fingerprint density at radius 1 is 1.23 bits per heavy atom. The number of carbonyl (C=O) groups excluding carboxylic acids is 1. The molecule has 0 aliphatic rings. The second-order valence-corrected chi connectivity index (χ2v) is 2.49. The molecule has 1 rings (SSSR count). The Bertz CT molecular complexity index is 348. The van der Waals surface area contributed by atoms with Gasteiger partial charge in [0, 0.05) is 0 Å². The zero-order valence-electron chi connectivity index (χ0n) is 6.56. The first-order chi connectivity index (χ1) is 6.16. The molecule has 1 atom stereocenters. The minimum atomic E-state index is -1.15. The van der Waals surface area contributed by atoms with Crippen LogP contribution in [0.5, 0.6) is 0 Å². The summed E-state index contributed by atoms with van der Waals surface area (Å²) in [7, 11) is 1.78. The molecule has 0 saturated carbocycles. The third-order valence-corrected chi connectivity index (χ3v) is 1.70. The fourth-order valence-electron chi connectivity index (χ4n) is 0.911. The number of rotatable bonds is 2. The van der Waals surface area contributed by atoms with E-state index in [4.69, 9.17) is 5.11 Å². The average Bonchev–Trinajstić information content (AvgIpc) is 2.16. The highest BCUT2D eigenvalue weighted by Crippen LogP contribution is 2.11. The van der Waals surface area contributed by atoms with Crippen molar-refractivity contribution in [2.45, 2.75) is 0 Å². The van der Waals surface area contributed by atoms with E-state index in [9.17, 15) is 9.59 Å². The lowest BCUT2D eigenvalue weighted by Crippen LogP contribution is -2.07. The van der Waals surface area contributed by atoms with E-state index >= 15 is 0 Å². The summed E-state index contributed by atoms with van der Waals surface area (Å²) in [6.45, 7) is 0. The Balaban J connectivity index is 3.19. The van der Waals surface area contributed by atoms with E-state index in [0.717, 1.165) is 0 Å². The van der Waals surface area contributed by atoms with Gasteiger partial charge in [-0.05, 0) is 12.1 Å². The van der Waals surface area contributed by atoms with Gasteiger partial charge in [-0.15, -0.1) is 0 Å². The summed E-state index contributed by atoms with van der Waals surface area (Å²) < 4.78 is 4.34. The highest BCUT2D eigenvalue weighted by Gasteiger charge is 2.15. The van der Waals surface area contributed by atoms with Crippen molar-refractivity contribution in [1.82, 2.24) is 0 Å². The van der Waals surface area contributed by atoms with Gasteiger partial charge in [-0.1, -0.05) is 12.1 Å². The van der Waals surface area contributed by atoms with Gasteiger partial charge < -0.3 is 9.63 Å². The molecule has 13 heavy (non-hydrogen) atoms. The summed E-state index contributed by atoms with van der Waals surface area (Å²) in [4.78, 5) is 21.7. The molecule has 0 saturated heterocycles. The topological polar surface area (TPSA) is 63.6 Å². The fraction of sp³-hybridized carbons (Fsp3) is 0. The summed E-state index contributed by atoms with van der Waals surface area (Å²) in [6.07, 6.45) is 0. The first-order valence-electron chi connectivity index (χ1n) is 3.40. The molecule has 0 aliphatic heterocycles. The lowest BCUT2D eigenvalue weighted by Gasteiger charge is -2.01. The number of carboxylic acids is 1. The summed E-state index contributed by atoms with van der Waals surface area (Å²) >= 11 is 0. The number of hydrogen-bond acceptors (Lipinski definition) is 3. The Labute approximate surface area is 76.8 Å². The third kappa shape index (κ3) is 2.04. The molecule has 0 aromatic heterocycles. The van der Waals surface area contributed by atoms with E-state index in [2.05, 4.69) is 4.52 Å². The maximum atomic E-state index is 11.0. The number of hydrogen-bond donors (Lipinski definition) is 1. The van der Waals surface area contributed by atoms with E-state index in [0.29, 0.717) is 0 Å². The maximum Gasteiger partial charge on any atom is 0.341 e. The predicted octanol–water partition coefficient (Wildman–Crippen LogP) is 1.33. The van der Waals surface area contributed by atoms with Gasteiger partial charge in [0.2, 0.25) is 0 Å². The zero-order chi connectivity index (χ0) is 9.84. The summed E-state index contributed by atoms with van der Waals surface area (Å²) in [6, 6.07) is 5.86. The Hall–Kier alpha value is -1.41. The van der Waals surface area contributed by atoms with Gasteiger partial charge in [0.15, 0.2) is 0 Å². The van der Waals surface area contributed by atoms with Gasteiger partial charge in [-0.25, -0.2) is 9.59 Å². The van der Waals surface area contributed by atoms with Crippen molar-refractivity contribution in [3.05, 3.63) is 35.4 Å². The van der Waals surface area contributed by atoms with Crippen LogP contribution < -0.4 is 0 Å². The van der Waals surface area contributed by atoms with Crippen molar-refractivity contribution >= 4 is 21.4 Å². The highest BCUT2D eigenvalue weighted by molar-refractivity contribution is 7.10. The number of benzene rings is 1. The van der Waals surface area contributed by atoms with Crippen LogP contribution in [0.15, 0.2) is 24.3 Å². The lowest BCUT2D eigenvalue weighted by atomic mass is 10.1. The van der Waals surface area contributed by atoms with Crippen LogP contribution in [0.1, 0.15) is 20.7 Å². The van der Waals surface area contributed by atoms with Crippen LogP contribution >= 0.6 is 9.47 Å². The Morgan fingerprint density at radius 2 is 1.77 bits per heavy atom. The molecule has 0 bridgehead atoms. The van der Waals surface area contributed by atoms with E-state index < -0.39 is 11.9 Å². The SMILES string of the molecule is O=C(O)c1ccccc1C(=O)OP. The monoisotopic (exact) mass is 198 g/mol. The van der Waals surface area contributed by atoms with Gasteiger partial charge in [0.05, 0.1) is 20.6 Å². The second kappa shape index (κ2) is 4.01. The van der Waals surface area contributed by atoms with Crippen LogP contribution in [0, 0.1) is 0 Å². The molecule has 0 heterocycles. The number of aromatic carboxylic acids is 1. The molecule has 1 aromatic carbocycles. The van der Waals surface area contributed by atoms with E-state index in [-0.39, 0.29) is 11.1 Å². The van der Waals surface area contributed by atoms with Gasteiger partial charge in [0.25, 0.3) is 0 Å². The molecular weight excluding hydrogens is 191 g/mol. The molecular formula is C8H7O4P. The third-order valence-electron chi connectivity index (χ3n) is 1.48. The van der Waals surface area contributed by atoms with E-state index in [1.807, 2.05) is 0 Å². The molecule has 4 nitrogen and oxygen atoms in total. The molecule has 0 radical (unpaired) electrons. The van der Waals surface area contributed by atoms with Crippen LogP contribution in [0.4, 0.5) is 0 Å². The van der Waals surface area contributed by atoms with Gasteiger partial charge >= 0.3 is 11.9 Å².